The molecule has 3 nitrogen and oxygen atoms in total. The van der Waals surface area contributed by atoms with E-state index in [1.807, 2.05) is 0 Å². The van der Waals surface area contributed by atoms with Crippen molar-refractivity contribution in [2.45, 2.75) is 71.5 Å². The maximum Gasteiger partial charge on any atom is 0.209 e. The fourth-order valence-electron chi connectivity index (χ4n) is 7.02. The van der Waals surface area contributed by atoms with Crippen LogP contribution in [0.15, 0.2) is 34.9 Å². The van der Waals surface area contributed by atoms with Gasteiger partial charge in [-0.25, -0.2) is 0 Å². The Balaban J connectivity index is 1.64. The van der Waals surface area contributed by atoms with Gasteiger partial charge in [-0.1, -0.05) is 79.5 Å². The lowest BCUT2D eigenvalue weighted by molar-refractivity contribution is -0.108. The van der Waals surface area contributed by atoms with Gasteiger partial charge in [-0.15, -0.1) is 0 Å². The second kappa shape index (κ2) is 8.88. The molecular weight excluding hydrogens is 410 g/mol. The first kappa shape index (κ1) is 20.3. The number of aldehydes is 1. The topological polar surface area (TPSA) is 35.5 Å². The van der Waals surface area contributed by atoms with Crippen molar-refractivity contribution in [3.05, 3.63) is 34.9 Å². The maximum atomic E-state index is 11.2. The minimum atomic E-state index is -0.117. The fraction of sp³-hybridized carbons (Fsp3) is 0.696. The zero-order chi connectivity index (χ0) is 22.9. The van der Waals surface area contributed by atoms with E-state index in [9.17, 15) is 4.79 Å². The van der Waals surface area contributed by atoms with Crippen LogP contribution in [0.5, 0.6) is 0 Å². The first-order chi connectivity index (χ1) is 15.4. The monoisotopic (exact) mass is 446 g/mol. The third-order valence-electron chi connectivity index (χ3n) is 8.59. The van der Waals surface area contributed by atoms with Gasteiger partial charge in [0.25, 0.3) is 0 Å². The van der Waals surface area contributed by atoms with E-state index >= 15 is 0 Å². The lowest BCUT2D eigenvalue weighted by Crippen LogP contribution is -2.52. The molecule has 4 aliphatic carbocycles. The molecule has 0 N–H and O–H groups in total. The standard InChI is InChI=1S/C23H32B2O3S2/c1-14(9-11-26)18-6-7-19-17-5-4-15-12-16(27-29-24)13-21(28-30-25)23(15,3)20(17)8-10-22(18,19)2/h4-6,11,14,16,19-21,24-25H,7-10,12-13H2,1-3H3/t14-,16-,19?,20?,21+,22-,23+/m1/s1/i24T,25T. The molecule has 4 rings (SSSR count). The molecule has 160 valence electrons. The summed E-state index contributed by atoms with van der Waals surface area (Å²) < 4.78 is 26.8. The van der Waals surface area contributed by atoms with E-state index in [4.69, 9.17) is 11.0 Å². The second-order valence-corrected chi connectivity index (χ2v) is 10.6. The van der Waals surface area contributed by atoms with Crippen LogP contribution in [0.1, 0.15) is 59.3 Å². The Hall–Kier alpha value is -0.360. The molecular formula is C23H32B2O3S2. The highest BCUT2D eigenvalue weighted by atomic mass is 32.2. The van der Waals surface area contributed by atoms with Crippen molar-refractivity contribution in [1.82, 2.24) is 0 Å². The minimum absolute atomic E-state index is 0.00463. The Morgan fingerprint density at radius 3 is 2.87 bits per heavy atom. The van der Waals surface area contributed by atoms with E-state index in [-0.39, 0.29) is 23.0 Å². The second-order valence-electron chi connectivity index (χ2n) is 9.84. The summed E-state index contributed by atoms with van der Waals surface area (Å²) in [7, 11) is 2.48. The molecule has 0 aliphatic heterocycles. The van der Waals surface area contributed by atoms with Crippen molar-refractivity contribution in [3.63, 3.8) is 0 Å². The highest BCUT2D eigenvalue weighted by molar-refractivity contribution is 8.16. The average Bonchev–Trinajstić information content (AvgIpc) is 3.13. The van der Waals surface area contributed by atoms with E-state index in [1.54, 1.807) is 0 Å². The molecule has 0 bridgehead atoms. The quantitative estimate of drug-likeness (QED) is 0.217. The van der Waals surface area contributed by atoms with Gasteiger partial charge >= 0.3 is 0 Å². The maximum absolute atomic E-state index is 11.2. The van der Waals surface area contributed by atoms with E-state index in [0.717, 1.165) is 62.2 Å². The third-order valence-corrected chi connectivity index (χ3v) is 9.32. The molecule has 0 aromatic carbocycles. The summed E-state index contributed by atoms with van der Waals surface area (Å²) >= 11 is 2.19. The predicted octanol–water partition coefficient (Wildman–Crippen LogP) is 4.94. The van der Waals surface area contributed by atoms with Crippen molar-refractivity contribution in [2.75, 3.05) is 0 Å². The molecule has 2 saturated carbocycles. The molecule has 2 unspecified atom stereocenters. The molecule has 0 aromatic rings. The third kappa shape index (κ3) is 3.52. The molecule has 2 fully saturated rings. The van der Waals surface area contributed by atoms with Crippen LogP contribution < -0.4 is 0 Å². The van der Waals surface area contributed by atoms with Gasteiger partial charge in [0, 0.05) is 18.3 Å². The van der Waals surface area contributed by atoms with Crippen LogP contribution >= 0.6 is 23.8 Å². The molecule has 30 heavy (non-hydrogen) atoms. The minimum Gasteiger partial charge on any atom is -0.324 e. The molecule has 0 spiro atoms. The molecule has 7 heteroatoms. The van der Waals surface area contributed by atoms with Crippen LogP contribution in [0, 0.1) is 28.6 Å². The van der Waals surface area contributed by atoms with Crippen LogP contribution in [0.3, 0.4) is 0 Å². The van der Waals surface area contributed by atoms with E-state index in [0.29, 0.717) is 24.2 Å². The van der Waals surface area contributed by atoms with Gasteiger partial charge in [-0.2, -0.15) is 0 Å². The van der Waals surface area contributed by atoms with Gasteiger partial charge in [0.1, 0.15) is 6.29 Å². The summed E-state index contributed by atoms with van der Waals surface area (Å²) in [6, 6.07) is 0. The van der Waals surface area contributed by atoms with Gasteiger partial charge in [-0.3, -0.25) is 0 Å². The highest BCUT2D eigenvalue weighted by Crippen LogP contribution is 2.65. The average molecular weight is 446 g/mol. The van der Waals surface area contributed by atoms with Gasteiger partial charge < -0.3 is 13.2 Å². The van der Waals surface area contributed by atoms with Crippen LogP contribution in [0.25, 0.3) is 0 Å². The zero-order valence-electron chi connectivity index (χ0n) is 20.1. The molecule has 0 aromatic heterocycles. The normalized spacial score (nSPS) is 41.6. The smallest absolute Gasteiger partial charge is 0.209 e. The van der Waals surface area contributed by atoms with E-state index in [1.165, 1.54) is 30.9 Å². The fourth-order valence-corrected chi connectivity index (χ4v) is 7.74. The summed E-state index contributed by atoms with van der Waals surface area (Å²) in [5, 5.41) is 0. The Kier molecular flexibility index (Phi) is 6.00. The summed E-state index contributed by atoms with van der Waals surface area (Å²) in [6.07, 6.45) is 13.6. The number of allylic oxidation sites excluding steroid dienone is 5. The van der Waals surface area contributed by atoms with Crippen LogP contribution in [-0.2, 0) is 13.2 Å². The van der Waals surface area contributed by atoms with E-state index in [2.05, 4.69) is 39.0 Å². The van der Waals surface area contributed by atoms with Crippen molar-refractivity contribution < 1.29 is 13.2 Å². The lowest BCUT2D eigenvalue weighted by Gasteiger charge is -2.57. The largest absolute Gasteiger partial charge is 0.324 e. The van der Waals surface area contributed by atoms with Crippen molar-refractivity contribution in [3.8, 4) is 0 Å². The molecule has 7 atom stereocenters. The number of carbonyl (C=O) groups excluding carboxylic acids is 1. The van der Waals surface area contributed by atoms with Gasteiger partial charge in [-0.05, 0) is 51.5 Å². The first-order valence-corrected chi connectivity index (χ1v) is 12.6. The summed E-state index contributed by atoms with van der Waals surface area (Å²) in [5.41, 5.74) is 4.40. The Labute approximate surface area is 195 Å². The number of hydrogen-bond acceptors (Lipinski definition) is 5. The molecule has 2 radical (unpaired) electrons. The van der Waals surface area contributed by atoms with Gasteiger partial charge in [0.15, 0.2) is 0 Å². The first-order valence-electron chi connectivity index (χ1n) is 12.1. The highest BCUT2D eigenvalue weighted by Gasteiger charge is 2.57. The van der Waals surface area contributed by atoms with Crippen molar-refractivity contribution in [1.29, 1.82) is 2.67 Å². The van der Waals surface area contributed by atoms with E-state index < -0.39 is 0 Å². The Morgan fingerprint density at radius 2 is 2.10 bits per heavy atom. The van der Waals surface area contributed by atoms with Gasteiger partial charge in [0.05, 0.1) is 12.2 Å². The summed E-state index contributed by atoms with van der Waals surface area (Å²) in [5.74, 6) is 1.21. The van der Waals surface area contributed by atoms with Crippen LogP contribution in [0.4, 0.5) is 0 Å². The SMILES string of the molecule is [3H][B]SO[C@@H]1CC2=CC=C3C(CC[C@]4(C)C([C@H](C)CC=O)=CCC34)[C@@]2(C)[C@@H](OS[B][3H])C1. The number of rotatable bonds is 9. The lowest BCUT2D eigenvalue weighted by atomic mass is 9.49. The van der Waals surface area contributed by atoms with Gasteiger partial charge in [0.2, 0.25) is 14.2 Å². The Morgan fingerprint density at radius 1 is 1.30 bits per heavy atom. The van der Waals surface area contributed by atoms with Crippen molar-refractivity contribution >= 4 is 44.3 Å². The molecule has 0 amide bonds. The predicted molar refractivity (Wildman–Crippen MR) is 130 cm³/mol. The molecule has 0 saturated heterocycles. The number of hydrogen-bond donors (Lipinski definition) is 0. The summed E-state index contributed by atoms with van der Waals surface area (Å²) in [6.45, 7) is 6.96. The Bertz CT molecular complexity index is 823. The number of carbonyl (C=O) groups is 1. The van der Waals surface area contributed by atoms with Crippen molar-refractivity contribution in [2.24, 2.45) is 28.6 Å². The van der Waals surface area contributed by atoms with Crippen LogP contribution in [0.2, 0.25) is 0 Å². The number of fused-ring (bicyclic) bond motifs is 5. The van der Waals surface area contributed by atoms with Crippen LogP contribution in [-0.4, -0.2) is 35.3 Å². The zero-order valence-corrected chi connectivity index (χ0v) is 19.8. The molecule has 0 heterocycles. The molecule has 4 aliphatic rings. The summed E-state index contributed by atoms with van der Waals surface area (Å²) in [4.78, 5) is 11.2.